The average molecular weight is 424 g/mol. The van der Waals surface area contributed by atoms with Crippen molar-refractivity contribution in [1.82, 2.24) is 24.5 Å². The molecule has 7 nitrogen and oxygen atoms in total. The molecule has 25 heavy (non-hydrogen) atoms. The van der Waals surface area contributed by atoms with Gasteiger partial charge in [0.1, 0.15) is 12.4 Å². The van der Waals surface area contributed by atoms with Crippen molar-refractivity contribution >= 4 is 39.4 Å². The minimum absolute atomic E-state index is 0.237. The van der Waals surface area contributed by atoms with Crippen molar-refractivity contribution in [1.29, 1.82) is 0 Å². The summed E-state index contributed by atoms with van der Waals surface area (Å²) in [6.07, 6.45) is 3.23. The second-order valence-electron chi connectivity index (χ2n) is 5.58. The highest BCUT2D eigenvalue weighted by Gasteiger charge is 2.20. The number of nitrogens with zero attached hydrogens (tertiary/aromatic N) is 5. The lowest BCUT2D eigenvalue weighted by atomic mass is 10.2. The second-order valence-corrected chi connectivity index (χ2v) is 6.87. The molecular weight excluding hydrogens is 408 g/mol. The van der Waals surface area contributed by atoms with Crippen LogP contribution in [0.15, 0.2) is 41.3 Å². The predicted molar refractivity (Wildman–Crippen MR) is 98.6 cm³/mol. The average Bonchev–Trinajstić information content (AvgIpc) is 3.14. The van der Waals surface area contributed by atoms with Crippen molar-refractivity contribution in [3.63, 3.8) is 0 Å². The summed E-state index contributed by atoms with van der Waals surface area (Å²) in [4.78, 5) is 16.5. The molecule has 1 N–H and O–H groups in total. The lowest BCUT2D eigenvalue weighted by Crippen LogP contribution is -2.25. The van der Waals surface area contributed by atoms with Crippen LogP contribution < -0.4 is 5.32 Å². The van der Waals surface area contributed by atoms with Crippen LogP contribution in [0.5, 0.6) is 0 Å². The molecule has 130 valence electrons. The Kier molecular flexibility index (Phi) is 5.19. The van der Waals surface area contributed by atoms with Crippen molar-refractivity contribution < 1.29 is 4.79 Å². The van der Waals surface area contributed by atoms with Crippen LogP contribution in [0.3, 0.4) is 0 Å². The van der Waals surface area contributed by atoms with Crippen LogP contribution in [0.4, 0.5) is 5.95 Å². The molecule has 0 fully saturated rings. The predicted octanol–water partition coefficient (Wildman–Crippen LogP) is 3.45. The van der Waals surface area contributed by atoms with E-state index in [9.17, 15) is 4.79 Å². The van der Waals surface area contributed by atoms with Crippen LogP contribution in [0, 0.1) is 6.92 Å². The van der Waals surface area contributed by atoms with E-state index in [1.807, 2.05) is 31.2 Å². The number of rotatable bonds is 5. The number of amides is 1. The number of halogens is 2. The van der Waals surface area contributed by atoms with Crippen LogP contribution in [0.2, 0.25) is 5.02 Å². The fourth-order valence-corrected chi connectivity index (χ4v) is 2.86. The third-order valence-corrected chi connectivity index (χ3v) is 4.75. The van der Waals surface area contributed by atoms with E-state index in [1.165, 1.54) is 0 Å². The molecule has 1 atom stereocenters. The number of hydrogen-bond donors (Lipinski definition) is 1. The van der Waals surface area contributed by atoms with Crippen molar-refractivity contribution in [2.24, 2.45) is 0 Å². The summed E-state index contributed by atoms with van der Waals surface area (Å²) in [6, 6.07) is 7.03. The fraction of sp³-hybridized carbons (Fsp3) is 0.250. The van der Waals surface area contributed by atoms with Crippen LogP contribution >= 0.6 is 27.5 Å². The molecule has 0 aliphatic carbocycles. The summed E-state index contributed by atoms with van der Waals surface area (Å²) in [7, 11) is 0. The van der Waals surface area contributed by atoms with E-state index in [-0.39, 0.29) is 11.9 Å². The van der Waals surface area contributed by atoms with Crippen molar-refractivity contribution in [3.05, 3.63) is 57.5 Å². The molecule has 0 aliphatic rings. The quantitative estimate of drug-likeness (QED) is 0.682. The van der Waals surface area contributed by atoms with Gasteiger partial charge in [-0.25, -0.2) is 9.67 Å². The smallest absolute Gasteiger partial charge is 0.251 e. The van der Waals surface area contributed by atoms with Crippen molar-refractivity contribution in [2.75, 3.05) is 5.32 Å². The van der Waals surface area contributed by atoms with Crippen LogP contribution in [-0.2, 0) is 11.3 Å². The Morgan fingerprint density at radius 3 is 2.92 bits per heavy atom. The zero-order valence-corrected chi connectivity index (χ0v) is 16.0. The van der Waals surface area contributed by atoms with Crippen molar-refractivity contribution in [2.45, 2.75) is 26.4 Å². The first-order chi connectivity index (χ1) is 11.9. The Balaban J connectivity index is 1.66. The molecule has 0 aliphatic heterocycles. The summed E-state index contributed by atoms with van der Waals surface area (Å²) in [5, 5.41) is 11.8. The van der Waals surface area contributed by atoms with E-state index in [0.29, 0.717) is 11.6 Å². The van der Waals surface area contributed by atoms with Gasteiger partial charge in [0, 0.05) is 5.02 Å². The molecule has 1 unspecified atom stereocenters. The summed E-state index contributed by atoms with van der Waals surface area (Å²) in [5.41, 5.74) is 1.88. The first-order valence-corrected chi connectivity index (χ1v) is 8.75. The summed E-state index contributed by atoms with van der Waals surface area (Å²) in [6.45, 7) is 4.17. The van der Waals surface area contributed by atoms with E-state index in [0.717, 1.165) is 15.7 Å². The van der Waals surface area contributed by atoms with Crippen LogP contribution in [0.1, 0.15) is 24.2 Å². The van der Waals surface area contributed by atoms with Gasteiger partial charge in [0.15, 0.2) is 0 Å². The Bertz CT molecular complexity index is 906. The third-order valence-electron chi connectivity index (χ3n) is 3.74. The van der Waals surface area contributed by atoms with Gasteiger partial charge in [-0.3, -0.25) is 14.8 Å². The lowest BCUT2D eigenvalue weighted by molar-refractivity contribution is -0.119. The van der Waals surface area contributed by atoms with Gasteiger partial charge in [0.25, 0.3) is 5.91 Å². The molecule has 1 amide bonds. The monoisotopic (exact) mass is 422 g/mol. The number of carbonyl (C=O) groups is 1. The number of anilines is 1. The topological polar surface area (TPSA) is 77.6 Å². The lowest BCUT2D eigenvalue weighted by Gasteiger charge is -2.13. The molecule has 0 radical (unpaired) electrons. The molecule has 0 bridgehead atoms. The molecule has 1 aromatic carbocycles. The summed E-state index contributed by atoms with van der Waals surface area (Å²) in [5.74, 6) is 0.0157. The Labute approximate surface area is 158 Å². The Morgan fingerprint density at radius 2 is 2.24 bits per heavy atom. The van der Waals surface area contributed by atoms with Crippen LogP contribution in [0.25, 0.3) is 0 Å². The molecule has 3 aromatic rings. The molecule has 0 saturated heterocycles. The van der Waals surface area contributed by atoms with Gasteiger partial charge in [-0.2, -0.15) is 5.10 Å². The minimum Gasteiger partial charge on any atom is -0.291 e. The summed E-state index contributed by atoms with van der Waals surface area (Å²) < 4.78 is 4.14. The van der Waals surface area contributed by atoms with E-state index in [2.05, 4.69) is 36.4 Å². The van der Waals surface area contributed by atoms with Gasteiger partial charge in [-0.1, -0.05) is 23.7 Å². The van der Waals surface area contributed by atoms with Gasteiger partial charge in [-0.05, 0) is 47.5 Å². The second kappa shape index (κ2) is 7.37. The number of nitrogens with one attached hydrogen (secondary N) is 1. The molecule has 2 heterocycles. The maximum atomic E-state index is 12.4. The zero-order valence-electron chi connectivity index (χ0n) is 13.6. The number of hydrogen-bond acceptors (Lipinski definition) is 4. The highest BCUT2D eigenvalue weighted by atomic mass is 79.9. The minimum atomic E-state index is -0.480. The first-order valence-electron chi connectivity index (χ1n) is 7.58. The highest BCUT2D eigenvalue weighted by molar-refractivity contribution is 9.10. The molecule has 3 rings (SSSR count). The Hall–Kier alpha value is -2.19. The summed E-state index contributed by atoms with van der Waals surface area (Å²) >= 11 is 9.37. The third kappa shape index (κ3) is 4.08. The maximum Gasteiger partial charge on any atom is 0.251 e. The molecule has 2 aromatic heterocycles. The normalized spacial score (nSPS) is 12.2. The Morgan fingerprint density at radius 1 is 1.44 bits per heavy atom. The zero-order chi connectivity index (χ0) is 18.0. The number of aromatic nitrogens is 5. The van der Waals surface area contributed by atoms with Gasteiger partial charge < -0.3 is 0 Å². The van der Waals surface area contributed by atoms with Gasteiger partial charge in [-0.15, -0.1) is 5.10 Å². The van der Waals surface area contributed by atoms with E-state index in [1.54, 1.807) is 28.8 Å². The maximum absolute atomic E-state index is 12.4. The highest BCUT2D eigenvalue weighted by Crippen LogP contribution is 2.19. The molecule has 9 heteroatoms. The SMILES string of the molecule is Cc1c(Br)cnn1C(C)C(=O)Nc1ncn(Cc2cccc(Cl)c2)n1. The van der Waals surface area contributed by atoms with Crippen molar-refractivity contribution in [3.8, 4) is 0 Å². The first kappa shape index (κ1) is 17.6. The van der Waals surface area contributed by atoms with Gasteiger partial charge >= 0.3 is 0 Å². The van der Waals surface area contributed by atoms with Gasteiger partial charge in [0.05, 0.1) is 22.9 Å². The molecule has 0 saturated carbocycles. The molecular formula is C16H16BrClN6O. The van der Waals surface area contributed by atoms with E-state index in [4.69, 9.17) is 11.6 Å². The van der Waals surface area contributed by atoms with Gasteiger partial charge in [0.2, 0.25) is 5.95 Å². The largest absolute Gasteiger partial charge is 0.291 e. The van der Waals surface area contributed by atoms with E-state index < -0.39 is 6.04 Å². The van der Waals surface area contributed by atoms with Crippen LogP contribution in [-0.4, -0.2) is 30.5 Å². The fourth-order valence-electron chi connectivity index (χ4n) is 2.37. The molecule has 0 spiro atoms. The van der Waals surface area contributed by atoms with E-state index >= 15 is 0 Å². The standard InChI is InChI=1S/C16H16BrClN6O/c1-10-14(17)7-20-24(10)11(2)15(25)21-16-19-9-23(22-16)8-12-4-3-5-13(18)6-12/h3-7,9,11H,8H2,1-2H3,(H,21,22,25). The number of benzene rings is 1. The number of carbonyl (C=O) groups excluding carboxylic acids is 1.